The number of hydrogen-bond donors (Lipinski definition) is 1. The van der Waals surface area contributed by atoms with Crippen LogP contribution in [0.15, 0.2) is 23.8 Å². The first-order valence-electron chi connectivity index (χ1n) is 4.98. The second kappa shape index (κ2) is 4.67. The number of aryl methyl sites for hydroxylation is 1. The van der Waals surface area contributed by atoms with E-state index in [0.29, 0.717) is 6.42 Å². The monoisotopic (exact) mass is 238 g/mol. The predicted molar refractivity (Wildman–Crippen MR) is 62.7 cm³/mol. The van der Waals surface area contributed by atoms with E-state index < -0.39 is 6.10 Å². The number of rotatable bonds is 4. The van der Waals surface area contributed by atoms with Crippen LogP contribution in [0.5, 0.6) is 5.75 Å². The molecule has 1 atom stereocenters. The first-order valence-corrected chi connectivity index (χ1v) is 5.86. The smallest absolute Gasteiger partial charge is 0.135 e. The summed E-state index contributed by atoms with van der Waals surface area (Å²) in [4.78, 5) is 5.04. The van der Waals surface area contributed by atoms with Crippen molar-refractivity contribution >= 4 is 11.3 Å². The molecule has 4 nitrogen and oxygen atoms in total. The van der Waals surface area contributed by atoms with Gasteiger partial charge in [0.15, 0.2) is 0 Å². The van der Waals surface area contributed by atoms with Crippen LogP contribution in [0.25, 0.3) is 0 Å². The minimum Gasteiger partial charge on any atom is -0.495 e. The molecule has 0 saturated heterocycles. The summed E-state index contributed by atoms with van der Waals surface area (Å²) in [6.45, 7) is 0. The Hall–Kier alpha value is -1.33. The molecular weight excluding hydrogens is 224 g/mol. The summed E-state index contributed by atoms with van der Waals surface area (Å²) in [7, 11) is 3.53. The third-order valence-electron chi connectivity index (χ3n) is 2.48. The van der Waals surface area contributed by atoms with Gasteiger partial charge in [-0.2, -0.15) is 0 Å². The Balaban J connectivity index is 2.14. The number of hydrogen-bond acceptors (Lipinski definition) is 4. The Morgan fingerprint density at radius 3 is 3.06 bits per heavy atom. The van der Waals surface area contributed by atoms with Gasteiger partial charge in [-0.3, -0.25) is 0 Å². The van der Waals surface area contributed by atoms with Crippen LogP contribution >= 0.6 is 11.3 Å². The first kappa shape index (κ1) is 11.2. The van der Waals surface area contributed by atoms with Crippen molar-refractivity contribution in [1.82, 2.24) is 9.55 Å². The molecule has 1 unspecified atom stereocenters. The normalized spacial score (nSPS) is 12.7. The maximum absolute atomic E-state index is 10.1. The molecule has 2 rings (SSSR count). The van der Waals surface area contributed by atoms with Crippen molar-refractivity contribution in [2.24, 2.45) is 7.05 Å². The van der Waals surface area contributed by atoms with Crippen LogP contribution < -0.4 is 4.74 Å². The topological polar surface area (TPSA) is 47.3 Å². The van der Waals surface area contributed by atoms with Gasteiger partial charge in [0.1, 0.15) is 11.6 Å². The highest BCUT2D eigenvalue weighted by molar-refractivity contribution is 7.10. The number of aromatic nitrogens is 2. The quantitative estimate of drug-likeness (QED) is 0.883. The fourth-order valence-corrected chi connectivity index (χ4v) is 2.43. The largest absolute Gasteiger partial charge is 0.495 e. The first-order chi connectivity index (χ1) is 7.72. The SMILES string of the molecule is COc1ccsc1C(O)Cc1nccn1C. The Bertz CT molecular complexity index is 464. The number of imidazole rings is 1. The second-order valence-electron chi connectivity index (χ2n) is 3.53. The predicted octanol–water partition coefficient (Wildman–Crippen LogP) is 1.77. The number of aliphatic hydroxyl groups is 1. The molecule has 0 aliphatic heterocycles. The standard InChI is InChI=1S/C11H14N2O2S/c1-13-5-4-12-10(13)7-8(14)11-9(15-2)3-6-16-11/h3-6,8,14H,7H2,1-2H3. The Kier molecular flexibility index (Phi) is 3.26. The summed E-state index contributed by atoms with van der Waals surface area (Å²) < 4.78 is 7.09. The molecule has 0 amide bonds. The molecule has 5 heteroatoms. The van der Waals surface area contributed by atoms with Crippen molar-refractivity contribution in [3.05, 3.63) is 34.5 Å². The molecule has 2 aromatic heterocycles. The Labute approximate surface area is 98.1 Å². The van der Waals surface area contributed by atoms with Gasteiger partial charge in [-0.05, 0) is 11.4 Å². The third-order valence-corrected chi connectivity index (χ3v) is 3.48. The van der Waals surface area contributed by atoms with Gasteiger partial charge in [0.2, 0.25) is 0 Å². The van der Waals surface area contributed by atoms with Gasteiger partial charge in [-0.15, -0.1) is 11.3 Å². The van der Waals surface area contributed by atoms with Crippen molar-refractivity contribution in [3.63, 3.8) is 0 Å². The lowest BCUT2D eigenvalue weighted by atomic mass is 10.2. The van der Waals surface area contributed by atoms with Crippen LogP contribution in [0.3, 0.4) is 0 Å². The fourth-order valence-electron chi connectivity index (χ4n) is 1.58. The van der Waals surface area contributed by atoms with Crippen LogP contribution in [0.2, 0.25) is 0 Å². The van der Waals surface area contributed by atoms with E-state index in [0.717, 1.165) is 16.5 Å². The maximum Gasteiger partial charge on any atom is 0.135 e. The van der Waals surface area contributed by atoms with Gasteiger partial charge in [0.05, 0.1) is 18.1 Å². The van der Waals surface area contributed by atoms with Crippen molar-refractivity contribution in [2.45, 2.75) is 12.5 Å². The van der Waals surface area contributed by atoms with Crippen molar-refractivity contribution in [3.8, 4) is 5.75 Å². The summed E-state index contributed by atoms with van der Waals surface area (Å²) in [5.41, 5.74) is 0. The lowest BCUT2D eigenvalue weighted by Gasteiger charge is -2.10. The molecular formula is C11H14N2O2S. The average molecular weight is 238 g/mol. The van der Waals surface area contributed by atoms with E-state index in [-0.39, 0.29) is 0 Å². The van der Waals surface area contributed by atoms with Gasteiger partial charge in [0, 0.05) is 25.9 Å². The van der Waals surface area contributed by atoms with E-state index in [1.807, 2.05) is 29.3 Å². The molecule has 0 aromatic carbocycles. The van der Waals surface area contributed by atoms with Crippen LogP contribution in [0, 0.1) is 0 Å². The molecule has 0 spiro atoms. The number of methoxy groups -OCH3 is 1. The summed E-state index contributed by atoms with van der Waals surface area (Å²) in [6.07, 6.45) is 3.54. The summed E-state index contributed by atoms with van der Waals surface area (Å²) in [5, 5.41) is 12.0. The van der Waals surface area contributed by atoms with E-state index in [4.69, 9.17) is 4.74 Å². The summed E-state index contributed by atoms with van der Waals surface area (Å²) in [5.74, 6) is 1.61. The molecule has 2 heterocycles. The summed E-state index contributed by atoms with van der Waals surface area (Å²) >= 11 is 1.50. The molecule has 0 aliphatic rings. The highest BCUT2D eigenvalue weighted by Crippen LogP contribution is 2.32. The van der Waals surface area contributed by atoms with Crippen LogP contribution in [-0.2, 0) is 13.5 Å². The second-order valence-corrected chi connectivity index (χ2v) is 4.48. The Morgan fingerprint density at radius 2 is 2.44 bits per heavy atom. The highest BCUT2D eigenvalue weighted by Gasteiger charge is 2.17. The molecule has 0 fully saturated rings. The van der Waals surface area contributed by atoms with Crippen LogP contribution in [0.4, 0.5) is 0 Å². The van der Waals surface area contributed by atoms with Crippen LogP contribution in [0.1, 0.15) is 16.8 Å². The van der Waals surface area contributed by atoms with Crippen molar-refractivity contribution in [2.75, 3.05) is 7.11 Å². The van der Waals surface area contributed by atoms with Crippen molar-refractivity contribution < 1.29 is 9.84 Å². The minimum atomic E-state index is -0.559. The van der Waals surface area contributed by atoms with E-state index in [1.165, 1.54) is 11.3 Å². The fraction of sp³-hybridized carbons (Fsp3) is 0.364. The molecule has 2 aromatic rings. The van der Waals surface area contributed by atoms with Gasteiger partial charge < -0.3 is 14.4 Å². The molecule has 16 heavy (non-hydrogen) atoms. The summed E-state index contributed by atoms with van der Waals surface area (Å²) in [6, 6.07) is 1.86. The molecule has 1 N–H and O–H groups in total. The molecule has 86 valence electrons. The number of nitrogens with zero attached hydrogens (tertiary/aromatic N) is 2. The minimum absolute atomic E-state index is 0.500. The van der Waals surface area contributed by atoms with Crippen LogP contribution in [-0.4, -0.2) is 21.8 Å². The molecule has 0 radical (unpaired) electrons. The van der Waals surface area contributed by atoms with E-state index in [2.05, 4.69) is 4.98 Å². The lowest BCUT2D eigenvalue weighted by molar-refractivity contribution is 0.175. The zero-order chi connectivity index (χ0) is 11.5. The van der Waals surface area contributed by atoms with Gasteiger partial charge in [-0.25, -0.2) is 4.98 Å². The van der Waals surface area contributed by atoms with Gasteiger partial charge in [-0.1, -0.05) is 0 Å². The van der Waals surface area contributed by atoms with E-state index >= 15 is 0 Å². The van der Waals surface area contributed by atoms with Gasteiger partial charge >= 0.3 is 0 Å². The number of thiophene rings is 1. The lowest BCUT2D eigenvalue weighted by Crippen LogP contribution is -2.06. The third kappa shape index (κ3) is 2.10. The van der Waals surface area contributed by atoms with Gasteiger partial charge in [0.25, 0.3) is 0 Å². The average Bonchev–Trinajstić information content (AvgIpc) is 2.87. The zero-order valence-electron chi connectivity index (χ0n) is 9.25. The van der Waals surface area contributed by atoms with E-state index in [1.54, 1.807) is 13.3 Å². The zero-order valence-corrected chi connectivity index (χ0v) is 10.1. The molecule has 0 bridgehead atoms. The Morgan fingerprint density at radius 1 is 1.62 bits per heavy atom. The maximum atomic E-state index is 10.1. The molecule has 0 aliphatic carbocycles. The van der Waals surface area contributed by atoms with E-state index in [9.17, 15) is 5.11 Å². The number of aliphatic hydroxyl groups excluding tert-OH is 1. The highest BCUT2D eigenvalue weighted by atomic mass is 32.1. The molecule has 0 saturated carbocycles. The number of ether oxygens (including phenoxy) is 1. The van der Waals surface area contributed by atoms with Crippen molar-refractivity contribution in [1.29, 1.82) is 0 Å².